The number of guanidine groups is 1. The summed E-state index contributed by atoms with van der Waals surface area (Å²) >= 11 is 0. The van der Waals surface area contributed by atoms with Gasteiger partial charge in [-0.3, -0.25) is 4.79 Å². The van der Waals surface area contributed by atoms with Crippen LogP contribution in [0.2, 0.25) is 0 Å². The van der Waals surface area contributed by atoms with Crippen molar-refractivity contribution in [3.05, 3.63) is 71.0 Å². The minimum absolute atomic E-state index is 0.0236. The Morgan fingerprint density at radius 1 is 1.19 bits per heavy atom. The van der Waals surface area contributed by atoms with E-state index in [0.29, 0.717) is 24.6 Å². The predicted molar refractivity (Wildman–Crippen MR) is 105 cm³/mol. The fourth-order valence-corrected chi connectivity index (χ4v) is 3.12. The van der Waals surface area contributed by atoms with E-state index in [1.54, 1.807) is 30.3 Å². The molecule has 3 rings (SSSR count). The van der Waals surface area contributed by atoms with E-state index in [2.05, 4.69) is 15.6 Å². The van der Waals surface area contributed by atoms with Crippen LogP contribution in [-0.2, 0) is 12.0 Å². The van der Waals surface area contributed by atoms with Crippen LogP contribution in [0, 0.1) is 5.82 Å². The number of amides is 1. The van der Waals surface area contributed by atoms with Crippen molar-refractivity contribution in [2.24, 2.45) is 10.7 Å². The Hall–Kier alpha value is -2.89. The molecular formula is C21H25FN4O. The van der Waals surface area contributed by atoms with Crippen molar-refractivity contribution in [3.8, 4) is 0 Å². The molecule has 1 saturated carbocycles. The molecule has 2 aromatic rings. The van der Waals surface area contributed by atoms with Gasteiger partial charge in [0.1, 0.15) is 5.82 Å². The SMILES string of the molecule is CCNC(=NCc1cccc(C(N)=O)c1)NCC1(c2cccc(F)c2)CC1. The summed E-state index contributed by atoms with van der Waals surface area (Å²) in [4.78, 5) is 15.9. The summed E-state index contributed by atoms with van der Waals surface area (Å²) in [6.45, 7) is 3.87. The standard InChI is InChI=1S/C21H25FN4O/c1-2-24-20(25-13-15-5-3-6-16(11-15)19(23)27)26-14-21(9-10-21)17-7-4-8-18(22)12-17/h3-8,11-12H,2,9-10,13-14H2,1H3,(H2,23,27)(H2,24,25,26). The number of nitrogens with two attached hydrogens (primary N) is 1. The summed E-state index contributed by atoms with van der Waals surface area (Å²) in [5, 5.41) is 6.60. The smallest absolute Gasteiger partial charge is 0.248 e. The Morgan fingerprint density at radius 3 is 2.63 bits per heavy atom. The van der Waals surface area contributed by atoms with Crippen molar-refractivity contribution in [1.82, 2.24) is 10.6 Å². The van der Waals surface area contributed by atoms with Crippen molar-refractivity contribution in [3.63, 3.8) is 0 Å². The van der Waals surface area contributed by atoms with Crippen LogP contribution in [0.15, 0.2) is 53.5 Å². The number of nitrogens with one attached hydrogen (secondary N) is 2. The summed E-state index contributed by atoms with van der Waals surface area (Å²) in [5.41, 5.74) is 7.72. The lowest BCUT2D eigenvalue weighted by molar-refractivity contribution is 0.1000. The molecule has 0 spiro atoms. The van der Waals surface area contributed by atoms with E-state index in [4.69, 9.17) is 5.73 Å². The van der Waals surface area contributed by atoms with Crippen molar-refractivity contribution < 1.29 is 9.18 Å². The van der Waals surface area contributed by atoms with Gasteiger partial charge in [-0.15, -0.1) is 0 Å². The predicted octanol–water partition coefficient (Wildman–Crippen LogP) is 2.71. The topological polar surface area (TPSA) is 79.5 Å². The van der Waals surface area contributed by atoms with Gasteiger partial charge in [-0.1, -0.05) is 24.3 Å². The highest BCUT2D eigenvalue weighted by atomic mass is 19.1. The van der Waals surface area contributed by atoms with Gasteiger partial charge in [-0.05, 0) is 55.2 Å². The van der Waals surface area contributed by atoms with Crippen LogP contribution in [0.5, 0.6) is 0 Å². The molecule has 0 aliphatic heterocycles. The fourth-order valence-electron chi connectivity index (χ4n) is 3.12. The Morgan fingerprint density at radius 2 is 1.96 bits per heavy atom. The number of halogens is 1. The van der Waals surface area contributed by atoms with Crippen LogP contribution in [0.3, 0.4) is 0 Å². The number of primary amides is 1. The normalized spacial score (nSPS) is 15.3. The van der Waals surface area contributed by atoms with E-state index in [1.165, 1.54) is 6.07 Å². The molecule has 2 aromatic carbocycles. The zero-order valence-electron chi connectivity index (χ0n) is 15.5. The highest BCUT2D eigenvalue weighted by Gasteiger charge is 2.44. The lowest BCUT2D eigenvalue weighted by atomic mass is 9.96. The molecule has 142 valence electrons. The number of benzene rings is 2. The minimum Gasteiger partial charge on any atom is -0.366 e. The molecule has 0 heterocycles. The third kappa shape index (κ3) is 4.84. The maximum Gasteiger partial charge on any atom is 0.248 e. The third-order valence-electron chi connectivity index (χ3n) is 4.86. The summed E-state index contributed by atoms with van der Waals surface area (Å²) in [5.74, 6) is 0.0509. The van der Waals surface area contributed by atoms with E-state index in [0.717, 1.165) is 30.5 Å². The second-order valence-corrected chi connectivity index (χ2v) is 6.90. The molecule has 0 bridgehead atoms. The van der Waals surface area contributed by atoms with Crippen LogP contribution in [0.1, 0.15) is 41.3 Å². The maximum absolute atomic E-state index is 13.6. The summed E-state index contributed by atoms with van der Waals surface area (Å²) < 4.78 is 13.6. The first kappa shape index (κ1) is 18.9. The number of hydrogen-bond donors (Lipinski definition) is 3. The number of carbonyl (C=O) groups excluding carboxylic acids is 1. The quantitative estimate of drug-likeness (QED) is 0.519. The van der Waals surface area contributed by atoms with Crippen molar-refractivity contribution >= 4 is 11.9 Å². The molecule has 0 aromatic heterocycles. The molecule has 27 heavy (non-hydrogen) atoms. The molecule has 5 nitrogen and oxygen atoms in total. The molecule has 6 heteroatoms. The lowest BCUT2D eigenvalue weighted by Crippen LogP contribution is -2.41. The number of rotatable bonds is 7. The van der Waals surface area contributed by atoms with Gasteiger partial charge >= 0.3 is 0 Å². The molecule has 1 aliphatic rings. The number of nitrogens with zero attached hydrogens (tertiary/aromatic N) is 1. The van der Waals surface area contributed by atoms with Crippen LogP contribution in [-0.4, -0.2) is 25.0 Å². The molecule has 0 radical (unpaired) electrons. The van der Waals surface area contributed by atoms with Crippen molar-refractivity contribution in [1.29, 1.82) is 0 Å². The van der Waals surface area contributed by atoms with Gasteiger partial charge in [0.2, 0.25) is 5.91 Å². The summed E-state index contributed by atoms with van der Waals surface area (Å²) in [6.07, 6.45) is 2.06. The Bertz CT molecular complexity index is 846. The Labute approximate surface area is 158 Å². The van der Waals surface area contributed by atoms with Gasteiger partial charge in [0.05, 0.1) is 6.54 Å². The second-order valence-electron chi connectivity index (χ2n) is 6.90. The number of carbonyl (C=O) groups is 1. The van der Waals surface area contributed by atoms with Gasteiger partial charge < -0.3 is 16.4 Å². The lowest BCUT2D eigenvalue weighted by Gasteiger charge is -2.19. The largest absolute Gasteiger partial charge is 0.366 e. The first-order valence-electron chi connectivity index (χ1n) is 9.19. The zero-order chi connectivity index (χ0) is 19.3. The number of hydrogen-bond acceptors (Lipinski definition) is 2. The zero-order valence-corrected chi connectivity index (χ0v) is 15.5. The van der Waals surface area contributed by atoms with Crippen LogP contribution >= 0.6 is 0 Å². The molecular weight excluding hydrogens is 343 g/mol. The molecule has 0 unspecified atom stereocenters. The third-order valence-corrected chi connectivity index (χ3v) is 4.86. The maximum atomic E-state index is 13.6. The van der Waals surface area contributed by atoms with E-state index < -0.39 is 5.91 Å². The summed E-state index contributed by atoms with van der Waals surface area (Å²) in [7, 11) is 0. The van der Waals surface area contributed by atoms with Crippen molar-refractivity contribution in [2.45, 2.75) is 31.7 Å². The highest BCUT2D eigenvalue weighted by Crippen LogP contribution is 2.47. The first-order valence-corrected chi connectivity index (χ1v) is 9.19. The van der Waals surface area contributed by atoms with Crippen LogP contribution in [0.4, 0.5) is 4.39 Å². The minimum atomic E-state index is -0.448. The average molecular weight is 368 g/mol. The molecule has 0 atom stereocenters. The molecule has 1 aliphatic carbocycles. The fraction of sp³-hybridized carbons (Fsp3) is 0.333. The van der Waals surface area contributed by atoms with Crippen LogP contribution < -0.4 is 16.4 Å². The van der Waals surface area contributed by atoms with Gasteiger partial charge in [0.15, 0.2) is 5.96 Å². The van der Waals surface area contributed by atoms with Gasteiger partial charge in [0, 0.05) is 24.1 Å². The molecule has 0 saturated heterocycles. The number of aliphatic imine (C=N–C) groups is 1. The van der Waals surface area contributed by atoms with Gasteiger partial charge in [0.25, 0.3) is 0 Å². The van der Waals surface area contributed by atoms with E-state index in [-0.39, 0.29) is 11.2 Å². The van der Waals surface area contributed by atoms with E-state index in [9.17, 15) is 9.18 Å². The first-order chi connectivity index (χ1) is 13.0. The second kappa shape index (κ2) is 8.20. The van der Waals surface area contributed by atoms with Crippen molar-refractivity contribution in [2.75, 3.05) is 13.1 Å². The van der Waals surface area contributed by atoms with E-state index in [1.807, 2.05) is 19.1 Å². The Balaban J connectivity index is 1.66. The monoisotopic (exact) mass is 368 g/mol. The van der Waals surface area contributed by atoms with Crippen LogP contribution in [0.25, 0.3) is 0 Å². The molecule has 1 amide bonds. The molecule has 1 fully saturated rings. The summed E-state index contributed by atoms with van der Waals surface area (Å²) in [6, 6.07) is 14.0. The van der Waals surface area contributed by atoms with Gasteiger partial charge in [-0.25, -0.2) is 9.38 Å². The highest BCUT2D eigenvalue weighted by molar-refractivity contribution is 5.92. The van der Waals surface area contributed by atoms with Gasteiger partial charge in [-0.2, -0.15) is 0 Å². The average Bonchev–Trinajstić information content (AvgIpc) is 3.45. The van der Waals surface area contributed by atoms with E-state index >= 15 is 0 Å². The molecule has 4 N–H and O–H groups in total. The Kier molecular flexibility index (Phi) is 5.74.